The number of rotatable bonds is 7. The molecule has 35 heavy (non-hydrogen) atoms. The van der Waals surface area contributed by atoms with Crippen molar-refractivity contribution in [2.24, 2.45) is 0 Å². The molecule has 2 aromatic carbocycles. The van der Waals surface area contributed by atoms with Crippen LogP contribution in [0.3, 0.4) is 0 Å². The zero-order chi connectivity index (χ0) is 25.3. The largest absolute Gasteiger partial charge is 0.335 e. The first-order chi connectivity index (χ1) is 16.6. The van der Waals surface area contributed by atoms with Gasteiger partial charge in [-0.15, -0.1) is 0 Å². The maximum absolute atomic E-state index is 13.5. The summed E-state index contributed by atoms with van der Waals surface area (Å²) in [7, 11) is -3.12. The number of nitrogens with zero attached hydrogens (tertiary/aromatic N) is 3. The Kier molecular flexibility index (Phi) is 7.38. The molecule has 186 valence electrons. The molecule has 2 heterocycles. The Labute approximate surface area is 210 Å². The lowest BCUT2D eigenvalue weighted by Crippen LogP contribution is -2.47. The quantitative estimate of drug-likeness (QED) is 0.352. The van der Waals surface area contributed by atoms with Gasteiger partial charge in [-0.2, -0.15) is 0 Å². The van der Waals surface area contributed by atoms with E-state index in [1.807, 2.05) is 58.0 Å². The van der Waals surface area contributed by atoms with Crippen molar-refractivity contribution in [1.82, 2.24) is 14.5 Å². The van der Waals surface area contributed by atoms with Gasteiger partial charge in [0.25, 0.3) is 5.56 Å². The minimum absolute atomic E-state index is 0.00917. The first-order valence-electron chi connectivity index (χ1n) is 11.8. The van der Waals surface area contributed by atoms with Crippen LogP contribution in [-0.4, -0.2) is 58.1 Å². The molecule has 0 N–H and O–H groups in total. The highest BCUT2D eigenvalue weighted by atomic mass is 32.2. The van der Waals surface area contributed by atoms with Gasteiger partial charge in [0.1, 0.15) is 0 Å². The van der Waals surface area contributed by atoms with E-state index in [1.165, 1.54) is 11.8 Å². The molecule has 1 amide bonds. The van der Waals surface area contributed by atoms with Crippen molar-refractivity contribution in [3.63, 3.8) is 0 Å². The number of hydrogen-bond donors (Lipinski definition) is 0. The third kappa shape index (κ3) is 5.30. The highest BCUT2D eigenvalue weighted by molar-refractivity contribution is 7.99. The van der Waals surface area contributed by atoms with Crippen LogP contribution in [0.5, 0.6) is 0 Å². The molecule has 1 aliphatic rings. The number of para-hydroxylation sites is 1. The molecule has 1 saturated heterocycles. The fraction of sp³-hybridized carbons (Fsp3) is 0.423. The van der Waals surface area contributed by atoms with Gasteiger partial charge in [-0.05, 0) is 57.4 Å². The predicted molar refractivity (Wildman–Crippen MR) is 141 cm³/mol. The first kappa shape index (κ1) is 25.4. The number of thioether (sulfide) groups is 1. The van der Waals surface area contributed by atoms with Gasteiger partial charge in [0.15, 0.2) is 15.0 Å². The Bertz CT molecular complexity index is 1430. The minimum atomic E-state index is -3.12. The van der Waals surface area contributed by atoms with Crippen LogP contribution >= 0.6 is 11.8 Å². The number of carbonyl (C=O) groups is 1. The highest BCUT2D eigenvalue weighted by Gasteiger charge is 2.36. The zero-order valence-corrected chi connectivity index (χ0v) is 22.2. The smallest absolute Gasteiger partial charge is 0.266 e. The topological polar surface area (TPSA) is 89.3 Å². The van der Waals surface area contributed by atoms with E-state index in [4.69, 9.17) is 4.98 Å². The van der Waals surface area contributed by atoms with Crippen molar-refractivity contribution in [3.8, 4) is 5.69 Å². The first-order valence-corrected chi connectivity index (χ1v) is 14.7. The average Bonchev–Trinajstić information content (AvgIpc) is 3.17. The summed E-state index contributed by atoms with van der Waals surface area (Å²) in [5.41, 5.74) is 3.16. The van der Waals surface area contributed by atoms with E-state index in [9.17, 15) is 18.0 Å². The number of amides is 1. The summed E-state index contributed by atoms with van der Waals surface area (Å²) in [6.07, 6.45) is 1.19. The Morgan fingerprint density at radius 1 is 1.23 bits per heavy atom. The number of carbonyl (C=O) groups excluding carboxylic acids is 1. The predicted octanol–water partition coefficient (Wildman–Crippen LogP) is 3.91. The van der Waals surface area contributed by atoms with Crippen LogP contribution in [0.15, 0.2) is 52.4 Å². The normalized spacial score (nSPS) is 18.0. The second-order valence-electron chi connectivity index (χ2n) is 9.25. The standard InChI is InChI=1S/C26H31N3O4S2/c1-5-19(4)28(20-12-13-35(32,33)16-20)24(30)15-34-26-27-22-9-7-6-8-21(22)25(31)29(26)23-11-10-17(2)14-18(23)3/h6-11,14,19-20H,5,12-13,15-16H2,1-4H3/t19-,20-/m1/s1. The Morgan fingerprint density at radius 2 is 1.97 bits per heavy atom. The SMILES string of the molecule is CC[C@@H](C)N(C(=O)CSc1nc2ccccc2c(=O)n1-c1ccc(C)cc1C)[C@@H]1CCS(=O)(=O)C1. The van der Waals surface area contributed by atoms with E-state index in [0.717, 1.165) is 23.2 Å². The summed E-state index contributed by atoms with van der Waals surface area (Å²) in [6, 6.07) is 12.7. The second kappa shape index (κ2) is 10.1. The van der Waals surface area contributed by atoms with Gasteiger partial charge < -0.3 is 4.90 Å². The monoisotopic (exact) mass is 513 g/mol. The van der Waals surface area contributed by atoms with Crippen molar-refractivity contribution in [2.75, 3.05) is 17.3 Å². The van der Waals surface area contributed by atoms with Gasteiger partial charge >= 0.3 is 0 Å². The molecule has 3 aromatic rings. The Hall–Kier alpha value is -2.65. The Morgan fingerprint density at radius 3 is 2.63 bits per heavy atom. The van der Waals surface area contributed by atoms with E-state index < -0.39 is 9.84 Å². The number of aryl methyl sites for hydroxylation is 2. The summed E-state index contributed by atoms with van der Waals surface area (Å²) in [6.45, 7) is 7.89. The van der Waals surface area contributed by atoms with Gasteiger partial charge in [-0.25, -0.2) is 13.4 Å². The number of sulfone groups is 1. The van der Waals surface area contributed by atoms with Crippen molar-refractivity contribution in [2.45, 2.75) is 57.8 Å². The highest BCUT2D eigenvalue weighted by Crippen LogP contribution is 2.26. The average molecular weight is 514 g/mol. The molecule has 4 rings (SSSR count). The molecule has 0 radical (unpaired) electrons. The number of hydrogen-bond acceptors (Lipinski definition) is 6. The summed E-state index contributed by atoms with van der Waals surface area (Å²) < 4.78 is 25.8. The van der Waals surface area contributed by atoms with E-state index in [1.54, 1.807) is 21.6 Å². The molecule has 1 fully saturated rings. The summed E-state index contributed by atoms with van der Waals surface area (Å²) in [5, 5.41) is 0.956. The van der Waals surface area contributed by atoms with E-state index in [-0.39, 0.29) is 40.8 Å². The lowest BCUT2D eigenvalue weighted by molar-refractivity contribution is -0.132. The van der Waals surface area contributed by atoms with Crippen LogP contribution in [0, 0.1) is 13.8 Å². The third-order valence-electron chi connectivity index (χ3n) is 6.62. The van der Waals surface area contributed by atoms with Crippen LogP contribution in [-0.2, 0) is 14.6 Å². The number of benzene rings is 2. The van der Waals surface area contributed by atoms with Gasteiger partial charge in [0.05, 0.1) is 33.8 Å². The summed E-state index contributed by atoms with van der Waals surface area (Å²) in [4.78, 5) is 33.5. The molecule has 1 aliphatic heterocycles. The van der Waals surface area contributed by atoms with Crippen LogP contribution in [0.2, 0.25) is 0 Å². The van der Waals surface area contributed by atoms with Gasteiger partial charge in [-0.3, -0.25) is 14.2 Å². The lowest BCUT2D eigenvalue weighted by Gasteiger charge is -2.33. The molecule has 0 aliphatic carbocycles. The molecule has 2 atom stereocenters. The molecule has 0 bridgehead atoms. The van der Waals surface area contributed by atoms with Crippen molar-refractivity contribution >= 4 is 38.4 Å². The molecule has 0 unspecified atom stereocenters. The zero-order valence-electron chi connectivity index (χ0n) is 20.5. The van der Waals surface area contributed by atoms with Crippen molar-refractivity contribution < 1.29 is 13.2 Å². The summed E-state index contributed by atoms with van der Waals surface area (Å²) in [5.74, 6) is 0.0519. The van der Waals surface area contributed by atoms with Crippen LogP contribution in [0.25, 0.3) is 16.6 Å². The van der Waals surface area contributed by atoms with Gasteiger partial charge in [-0.1, -0.05) is 48.5 Å². The number of fused-ring (bicyclic) bond motifs is 1. The van der Waals surface area contributed by atoms with E-state index in [0.29, 0.717) is 22.5 Å². The van der Waals surface area contributed by atoms with Gasteiger partial charge in [0.2, 0.25) is 5.91 Å². The molecule has 7 nitrogen and oxygen atoms in total. The minimum Gasteiger partial charge on any atom is -0.335 e. The van der Waals surface area contributed by atoms with E-state index in [2.05, 4.69) is 0 Å². The molecule has 9 heteroatoms. The fourth-order valence-corrected chi connectivity index (χ4v) is 7.27. The fourth-order valence-electron chi connectivity index (χ4n) is 4.68. The molecule has 1 aromatic heterocycles. The van der Waals surface area contributed by atoms with Crippen LogP contribution in [0.1, 0.15) is 37.8 Å². The molecule has 0 saturated carbocycles. The van der Waals surface area contributed by atoms with Gasteiger partial charge in [0, 0.05) is 12.1 Å². The van der Waals surface area contributed by atoms with Crippen molar-refractivity contribution in [1.29, 1.82) is 0 Å². The van der Waals surface area contributed by atoms with Crippen LogP contribution in [0.4, 0.5) is 0 Å². The van der Waals surface area contributed by atoms with Crippen LogP contribution < -0.4 is 5.56 Å². The third-order valence-corrected chi connectivity index (χ3v) is 9.29. The molecular formula is C26H31N3O4S2. The molecular weight excluding hydrogens is 482 g/mol. The number of aromatic nitrogens is 2. The van der Waals surface area contributed by atoms with E-state index >= 15 is 0 Å². The lowest BCUT2D eigenvalue weighted by atomic mass is 10.1. The maximum Gasteiger partial charge on any atom is 0.266 e. The molecule has 0 spiro atoms. The second-order valence-corrected chi connectivity index (χ2v) is 12.4. The maximum atomic E-state index is 13.5. The Balaban J connectivity index is 1.71. The van der Waals surface area contributed by atoms with Crippen molar-refractivity contribution in [3.05, 3.63) is 63.9 Å². The summed E-state index contributed by atoms with van der Waals surface area (Å²) >= 11 is 1.22.